The molecule has 1 aromatic rings. The van der Waals surface area contributed by atoms with Crippen LogP contribution in [0.1, 0.15) is 24.9 Å². The van der Waals surface area contributed by atoms with E-state index in [2.05, 4.69) is 16.9 Å². The van der Waals surface area contributed by atoms with E-state index in [9.17, 15) is 5.02 Å². The molecule has 0 spiro atoms. The number of dihydropyridines is 1. The van der Waals surface area contributed by atoms with Crippen LogP contribution in [0.15, 0.2) is 41.4 Å². The van der Waals surface area contributed by atoms with Crippen molar-refractivity contribution in [3.8, 4) is 0 Å². The van der Waals surface area contributed by atoms with Crippen LogP contribution in [0.25, 0.3) is 0 Å². The van der Waals surface area contributed by atoms with Gasteiger partial charge in [-0.1, -0.05) is 13.0 Å². The second-order valence-electron chi connectivity index (χ2n) is 6.11. The van der Waals surface area contributed by atoms with Crippen molar-refractivity contribution in [3.63, 3.8) is 0 Å². The van der Waals surface area contributed by atoms with E-state index in [-0.39, 0.29) is 12.0 Å². The average Bonchev–Trinajstić information content (AvgIpc) is 3.07. The molecule has 1 fully saturated rings. The zero-order chi connectivity index (χ0) is 17.0. The first kappa shape index (κ1) is 17.1. The smallest absolute Gasteiger partial charge is 0.454 e. The van der Waals surface area contributed by atoms with Crippen molar-refractivity contribution in [2.45, 2.75) is 31.3 Å². The molecule has 1 aromatic heterocycles. The van der Waals surface area contributed by atoms with Crippen LogP contribution in [0.5, 0.6) is 0 Å². The number of ether oxygens (including phenoxy) is 2. The maximum absolute atomic E-state index is 9.74. The lowest BCUT2D eigenvalue weighted by Crippen LogP contribution is -2.46. The van der Waals surface area contributed by atoms with Crippen LogP contribution in [0, 0.1) is 5.92 Å². The van der Waals surface area contributed by atoms with E-state index in [4.69, 9.17) is 14.1 Å². The van der Waals surface area contributed by atoms with Gasteiger partial charge in [0.05, 0.1) is 12.6 Å². The fourth-order valence-electron chi connectivity index (χ4n) is 3.21. The van der Waals surface area contributed by atoms with Crippen LogP contribution in [0.3, 0.4) is 0 Å². The van der Waals surface area contributed by atoms with Gasteiger partial charge in [-0.15, -0.1) is 0 Å². The minimum Gasteiger partial charge on any atom is -0.495 e. The third-order valence-electron chi connectivity index (χ3n) is 4.53. The van der Waals surface area contributed by atoms with E-state index in [0.717, 1.165) is 17.7 Å². The molecule has 2 aliphatic heterocycles. The SMILES string of the molecule is CCCOC1=CC(c2cccnc2)N=CC1(OC)C1COB(O)C1. The van der Waals surface area contributed by atoms with Gasteiger partial charge in [0.1, 0.15) is 5.76 Å². The van der Waals surface area contributed by atoms with Crippen LogP contribution in [-0.4, -0.2) is 49.3 Å². The van der Waals surface area contributed by atoms with Gasteiger partial charge in [0.25, 0.3) is 0 Å². The summed E-state index contributed by atoms with van der Waals surface area (Å²) in [5.41, 5.74) is 0.199. The lowest BCUT2D eigenvalue weighted by Gasteiger charge is -2.38. The number of hydrogen-bond acceptors (Lipinski definition) is 6. The van der Waals surface area contributed by atoms with Crippen molar-refractivity contribution in [1.82, 2.24) is 4.98 Å². The number of hydrogen-bond donors (Lipinski definition) is 1. The molecule has 0 aliphatic carbocycles. The Labute approximate surface area is 142 Å². The van der Waals surface area contributed by atoms with Gasteiger partial charge in [-0.25, -0.2) is 0 Å². The summed E-state index contributed by atoms with van der Waals surface area (Å²) < 4.78 is 17.2. The Morgan fingerprint density at radius 2 is 2.38 bits per heavy atom. The molecular weight excluding hydrogens is 307 g/mol. The zero-order valence-electron chi connectivity index (χ0n) is 14.1. The Bertz CT molecular complexity index is 610. The van der Waals surface area contributed by atoms with Gasteiger partial charge >= 0.3 is 7.12 Å². The normalized spacial score (nSPS) is 29.6. The molecule has 7 heteroatoms. The van der Waals surface area contributed by atoms with E-state index in [0.29, 0.717) is 19.5 Å². The Morgan fingerprint density at radius 1 is 1.50 bits per heavy atom. The first-order valence-electron chi connectivity index (χ1n) is 8.33. The Balaban J connectivity index is 1.92. The van der Waals surface area contributed by atoms with Crippen LogP contribution < -0.4 is 0 Å². The quantitative estimate of drug-likeness (QED) is 0.808. The lowest BCUT2D eigenvalue weighted by atomic mass is 9.73. The molecule has 3 unspecified atom stereocenters. The Morgan fingerprint density at radius 3 is 3.00 bits per heavy atom. The van der Waals surface area contributed by atoms with Crippen molar-refractivity contribution in [1.29, 1.82) is 0 Å². The summed E-state index contributed by atoms with van der Waals surface area (Å²) in [5, 5.41) is 9.74. The third kappa shape index (κ3) is 3.24. The number of nitrogens with zero attached hydrogens (tertiary/aromatic N) is 2. The van der Waals surface area contributed by atoms with Gasteiger partial charge in [0.2, 0.25) is 0 Å². The molecule has 0 saturated carbocycles. The molecular formula is C17H23BN2O4. The molecule has 0 bridgehead atoms. The Hall–Kier alpha value is -1.70. The van der Waals surface area contributed by atoms with E-state index < -0.39 is 12.7 Å². The van der Waals surface area contributed by atoms with Gasteiger partial charge in [0, 0.05) is 38.2 Å². The predicted octanol–water partition coefficient (Wildman–Crippen LogP) is 2.03. The van der Waals surface area contributed by atoms with Crippen LogP contribution in [0.2, 0.25) is 6.32 Å². The number of pyridine rings is 1. The fourth-order valence-corrected chi connectivity index (χ4v) is 3.21. The van der Waals surface area contributed by atoms with Gasteiger partial charge in [-0.3, -0.25) is 9.98 Å². The monoisotopic (exact) mass is 330 g/mol. The number of aromatic nitrogens is 1. The molecule has 3 rings (SSSR count). The van der Waals surface area contributed by atoms with Crippen molar-refractivity contribution in [2.75, 3.05) is 20.3 Å². The summed E-state index contributed by atoms with van der Waals surface area (Å²) >= 11 is 0. The van der Waals surface area contributed by atoms with E-state index >= 15 is 0 Å². The molecule has 0 radical (unpaired) electrons. The summed E-state index contributed by atoms with van der Waals surface area (Å²) in [6.07, 6.45) is 8.73. The molecule has 24 heavy (non-hydrogen) atoms. The molecule has 3 atom stereocenters. The standard InChI is InChI=1S/C17H23BN2O4/c1-3-7-23-16-8-15(13-5-4-6-19-10-13)20-12-17(16,22-2)14-9-18(21)24-11-14/h4-6,8,10,12,14-15,21H,3,7,9,11H2,1-2H3. The van der Waals surface area contributed by atoms with Gasteiger partial charge in [0.15, 0.2) is 5.60 Å². The first-order valence-corrected chi connectivity index (χ1v) is 8.33. The van der Waals surface area contributed by atoms with Crippen molar-refractivity contribution < 1.29 is 19.2 Å². The molecule has 128 valence electrons. The van der Waals surface area contributed by atoms with Crippen molar-refractivity contribution in [2.24, 2.45) is 10.9 Å². The maximum Gasteiger partial charge on any atom is 0.454 e. The highest BCUT2D eigenvalue weighted by Crippen LogP contribution is 2.40. The molecule has 3 heterocycles. The van der Waals surface area contributed by atoms with Crippen LogP contribution in [0.4, 0.5) is 0 Å². The second-order valence-corrected chi connectivity index (χ2v) is 6.11. The van der Waals surface area contributed by atoms with Gasteiger partial charge < -0.3 is 19.2 Å². The molecule has 1 N–H and O–H groups in total. The molecule has 2 aliphatic rings. The summed E-state index contributed by atoms with van der Waals surface area (Å²) in [5.74, 6) is 0.692. The van der Waals surface area contributed by atoms with Crippen LogP contribution in [-0.2, 0) is 14.1 Å². The summed E-state index contributed by atoms with van der Waals surface area (Å²) in [4.78, 5) is 8.83. The summed E-state index contributed by atoms with van der Waals surface area (Å²) in [6, 6.07) is 3.73. The highest BCUT2D eigenvalue weighted by Gasteiger charge is 2.49. The molecule has 0 amide bonds. The van der Waals surface area contributed by atoms with Crippen LogP contribution >= 0.6 is 0 Å². The van der Waals surface area contributed by atoms with E-state index in [1.165, 1.54) is 0 Å². The summed E-state index contributed by atoms with van der Waals surface area (Å²) in [7, 11) is 0.878. The maximum atomic E-state index is 9.74. The van der Waals surface area contributed by atoms with Crippen molar-refractivity contribution >= 4 is 13.3 Å². The number of methoxy groups -OCH3 is 1. The fraction of sp³-hybridized carbons (Fsp3) is 0.529. The average molecular weight is 330 g/mol. The highest BCUT2D eigenvalue weighted by atomic mass is 16.6. The van der Waals surface area contributed by atoms with Gasteiger partial charge in [-0.05, 0) is 30.4 Å². The second kappa shape index (κ2) is 7.46. The first-order chi connectivity index (χ1) is 11.7. The largest absolute Gasteiger partial charge is 0.495 e. The molecule has 1 saturated heterocycles. The van der Waals surface area contributed by atoms with Gasteiger partial charge in [-0.2, -0.15) is 0 Å². The third-order valence-corrected chi connectivity index (χ3v) is 4.53. The number of rotatable bonds is 6. The summed E-state index contributed by atoms with van der Waals surface area (Å²) in [6.45, 7) is 3.07. The van der Waals surface area contributed by atoms with E-state index in [1.54, 1.807) is 19.5 Å². The lowest BCUT2D eigenvalue weighted by molar-refractivity contribution is -0.0172. The van der Waals surface area contributed by atoms with E-state index in [1.807, 2.05) is 24.4 Å². The zero-order valence-corrected chi connectivity index (χ0v) is 14.1. The molecule has 6 nitrogen and oxygen atoms in total. The minimum atomic E-state index is -0.800. The molecule has 0 aromatic carbocycles. The predicted molar refractivity (Wildman–Crippen MR) is 91.8 cm³/mol. The number of aliphatic imine (C=N–C) groups is 1. The Kier molecular flexibility index (Phi) is 5.33. The topological polar surface area (TPSA) is 73.2 Å². The highest BCUT2D eigenvalue weighted by molar-refractivity contribution is 6.43. The van der Waals surface area contributed by atoms with Crippen molar-refractivity contribution in [3.05, 3.63) is 41.9 Å². The minimum absolute atomic E-state index is 0.0424.